The quantitative estimate of drug-likeness (QED) is 0.463. The molecule has 1 unspecified atom stereocenters. The molecule has 146 valence electrons. The summed E-state index contributed by atoms with van der Waals surface area (Å²) in [6.45, 7) is 1.87. The van der Waals surface area contributed by atoms with E-state index in [1.807, 2.05) is 19.1 Å². The molecule has 6 heteroatoms. The predicted octanol–water partition coefficient (Wildman–Crippen LogP) is 4.98. The van der Waals surface area contributed by atoms with Gasteiger partial charge in [-0.3, -0.25) is 9.78 Å². The van der Waals surface area contributed by atoms with Crippen LogP contribution in [0.15, 0.2) is 79.0 Å². The lowest BCUT2D eigenvalue weighted by atomic mass is 10.1. The van der Waals surface area contributed by atoms with Gasteiger partial charge in [0.15, 0.2) is 0 Å². The van der Waals surface area contributed by atoms with Gasteiger partial charge in [0.2, 0.25) is 6.10 Å². The van der Waals surface area contributed by atoms with Gasteiger partial charge in [-0.05, 0) is 42.8 Å². The number of halogens is 1. The zero-order chi connectivity index (χ0) is 20.6. The molecule has 0 fully saturated rings. The first-order chi connectivity index (χ1) is 14.0. The third kappa shape index (κ3) is 5.77. The monoisotopic (exact) mass is 406 g/mol. The van der Waals surface area contributed by atoms with E-state index >= 15 is 0 Å². The minimum atomic E-state index is -1.11. The maximum Gasteiger partial charge on any atom is 0.331 e. The van der Waals surface area contributed by atoms with E-state index in [1.54, 1.807) is 60.8 Å². The average molecular weight is 407 g/mol. The first-order valence-corrected chi connectivity index (χ1v) is 9.32. The van der Waals surface area contributed by atoms with Gasteiger partial charge in [0, 0.05) is 28.5 Å². The van der Waals surface area contributed by atoms with Crippen molar-refractivity contribution in [2.75, 3.05) is 5.32 Å². The van der Waals surface area contributed by atoms with E-state index in [-0.39, 0.29) is 0 Å². The Morgan fingerprint density at radius 3 is 2.52 bits per heavy atom. The fraction of sp³-hybridized carbons (Fsp3) is 0.0870. The summed E-state index contributed by atoms with van der Waals surface area (Å²) in [4.78, 5) is 29.3. The van der Waals surface area contributed by atoms with E-state index < -0.39 is 18.0 Å². The third-order valence-corrected chi connectivity index (χ3v) is 4.50. The molecule has 3 rings (SSSR count). The lowest BCUT2D eigenvalue weighted by Gasteiger charge is -2.17. The SMILES string of the molecule is Cc1ccc(NC(=O)C(OC(=O)C=Cc2ccccn2)c2ccccc2)cc1Cl. The van der Waals surface area contributed by atoms with Crippen LogP contribution in [-0.2, 0) is 14.3 Å². The maximum absolute atomic E-state index is 12.9. The van der Waals surface area contributed by atoms with E-state index in [1.165, 1.54) is 12.2 Å². The topological polar surface area (TPSA) is 68.3 Å². The van der Waals surface area contributed by atoms with E-state index in [0.717, 1.165) is 5.56 Å². The Morgan fingerprint density at radius 2 is 1.83 bits per heavy atom. The largest absolute Gasteiger partial charge is 0.444 e. The number of anilines is 1. The van der Waals surface area contributed by atoms with Crippen molar-refractivity contribution in [3.63, 3.8) is 0 Å². The Labute approximate surface area is 174 Å². The molecule has 29 heavy (non-hydrogen) atoms. The summed E-state index contributed by atoms with van der Waals surface area (Å²) in [5, 5.41) is 3.29. The van der Waals surface area contributed by atoms with E-state index in [4.69, 9.17) is 16.3 Å². The molecule has 0 spiro atoms. The van der Waals surface area contributed by atoms with E-state index in [9.17, 15) is 9.59 Å². The number of esters is 1. The van der Waals surface area contributed by atoms with Crippen molar-refractivity contribution >= 4 is 35.2 Å². The number of pyridine rings is 1. The van der Waals surface area contributed by atoms with Gasteiger partial charge in [0.25, 0.3) is 5.91 Å². The number of benzene rings is 2. The fourth-order valence-electron chi connectivity index (χ4n) is 2.56. The van der Waals surface area contributed by atoms with Crippen molar-refractivity contribution in [2.45, 2.75) is 13.0 Å². The predicted molar refractivity (Wildman–Crippen MR) is 113 cm³/mol. The summed E-state index contributed by atoms with van der Waals surface area (Å²) >= 11 is 6.13. The highest BCUT2D eigenvalue weighted by Crippen LogP contribution is 2.23. The van der Waals surface area contributed by atoms with Crippen LogP contribution in [0, 0.1) is 6.92 Å². The van der Waals surface area contributed by atoms with Crippen molar-refractivity contribution < 1.29 is 14.3 Å². The minimum absolute atomic E-state index is 0.476. The first kappa shape index (κ1) is 20.3. The molecular weight excluding hydrogens is 388 g/mol. The van der Waals surface area contributed by atoms with Gasteiger partial charge in [0.05, 0.1) is 5.69 Å². The number of hydrogen-bond donors (Lipinski definition) is 1. The number of ether oxygens (including phenoxy) is 1. The second-order valence-electron chi connectivity index (χ2n) is 6.27. The van der Waals surface area contributed by atoms with Crippen LogP contribution in [-0.4, -0.2) is 16.9 Å². The lowest BCUT2D eigenvalue weighted by molar-refractivity contribution is -0.149. The number of hydrogen-bond acceptors (Lipinski definition) is 4. The molecular formula is C23H19ClN2O3. The van der Waals surface area contributed by atoms with Crippen molar-refractivity contribution in [1.29, 1.82) is 0 Å². The highest BCUT2D eigenvalue weighted by molar-refractivity contribution is 6.31. The standard InChI is InChI=1S/C23H19ClN2O3/c1-16-10-11-19(15-20(16)24)26-23(28)22(17-7-3-2-4-8-17)29-21(27)13-12-18-9-5-6-14-25-18/h2-15,22H,1H3,(H,26,28). The number of aryl methyl sites for hydroxylation is 1. The molecule has 0 aliphatic heterocycles. The number of aromatic nitrogens is 1. The molecule has 1 N–H and O–H groups in total. The summed E-state index contributed by atoms with van der Waals surface area (Å²) in [7, 11) is 0. The summed E-state index contributed by atoms with van der Waals surface area (Å²) in [5.41, 5.74) is 2.59. The summed E-state index contributed by atoms with van der Waals surface area (Å²) in [5.74, 6) is -1.13. The van der Waals surface area contributed by atoms with Gasteiger partial charge in [0.1, 0.15) is 0 Å². The summed E-state index contributed by atoms with van der Waals surface area (Å²) in [6, 6.07) is 19.4. The molecule has 2 aromatic carbocycles. The van der Waals surface area contributed by atoms with Gasteiger partial charge in [-0.15, -0.1) is 0 Å². The highest BCUT2D eigenvalue weighted by Gasteiger charge is 2.24. The van der Waals surface area contributed by atoms with Crippen LogP contribution in [0.3, 0.4) is 0 Å². The summed E-state index contributed by atoms with van der Waals surface area (Å²) in [6.07, 6.45) is 3.28. The Bertz CT molecular complexity index is 1020. The van der Waals surface area contributed by atoms with Gasteiger partial charge < -0.3 is 10.1 Å². The molecule has 0 radical (unpaired) electrons. The van der Waals surface area contributed by atoms with Crippen LogP contribution >= 0.6 is 11.6 Å². The molecule has 5 nitrogen and oxygen atoms in total. The molecule has 0 aliphatic carbocycles. The minimum Gasteiger partial charge on any atom is -0.444 e. The number of carbonyl (C=O) groups excluding carboxylic acids is 2. The van der Waals surface area contributed by atoms with Crippen LogP contribution in [0.2, 0.25) is 5.02 Å². The van der Waals surface area contributed by atoms with E-state index in [2.05, 4.69) is 10.3 Å². The Hall–Kier alpha value is -3.44. The zero-order valence-electron chi connectivity index (χ0n) is 15.7. The van der Waals surface area contributed by atoms with Crippen LogP contribution in [0.4, 0.5) is 5.69 Å². The van der Waals surface area contributed by atoms with Crippen molar-refractivity contribution in [3.05, 3.63) is 101 Å². The molecule has 0 aliphatic rings. The van der Waals surface area contributed by atoms with E-state index in [0.29, 0.717) is 22.0 Å². The third-order valence-electron chi connectivity index (χ3n) is 4.09. The Kier molecular flexibility index (Phi) is 6.76. The fourth-order valence-corrected chi connectivity index (χ4v) is 2.74. The van der Waals surface area contributed by atoms with Crippen molar-refractivity contribution in [2.24, 2.45) is 0 Å². The Balaban J connectivity index is 1.77. The molecule has 0 saturated heterocycles. The second kappa shape index (κ2) is 9.66. The second-order valence-corrected chi connectivity index (χ2v) is 6.68. The number of carbonyl (C=O) groups is 2. The maximum atomic E-state index is 12.9. The molecule has 1 atom stereocenters. The lowest BCUT2D eigenvalue weighted by Crippen LogP contribution is -2.25. The van der Waals surface area contributed by atoms with Crippen molar-refractivity contribution in [3.8, 4) is 0 Å². The average Bonchev–Trinajstić information content (AvgIpc) is 2.74. The van der Waals surface area contributed by atoms with Gasteiger partial charge in [-0.1, -0.05) is 54.1 Å². The molecule has 3 aromatic rings. The van der Waals surface area contributed by atoms with Crippen LogP contribution in [0.1, 0.15) is 22.9 Å². The Morgan fingerprint density at radius 1 is 1.07 bits per heavy atom. The van der Waals surface area contributed by atoms with Gasteiger partial charge >= 0.3 is 5.97 Å². The summed E-state index contributed by atoms with van der Waals surface area (Å²) < 4.78 is 5.45. The smallest absolute Gasteiger partial charge is 0.331 e. The van der Waals surface area contributed by atoms with Crippen LogP contribution in [0.5, 0.6) is 0 Å². The number of amides is 1. The van der Waals surface area contributed by atoms with Crippen LogP contribution < -0.4 is 5.32 Å². The van der Waals surface area contributed by atoms with Gasteiger partial charge in [-0.2, -0.15) is 0 Å². The number of rotatable bonds is 6. The zero-order valence-corrected chi connectivity index (χ0v) is 16.5. The first-order valence-electron chi connectivity index (χ1n) is 8.94. The molecule has 1 amide bonds. The van der Waals surface area contributed by atoms with Crippen LogP contribution in [0.25, 0.3) is 6.08 Å². The molecule has 1 aromatic heterocycles. The number of nitrogens with one attached hydrogen (secondary N) is 1. The molecule has 0 saturated carbocycles. The molecule has 0 bridgehead atoms. The number of nitrogens with zero attached hydrogens (tertiary/aromatic N) is 1. The van der Waals surface area contributed by atoms with Gasteiger partial charge in [-0.25, -0.2) is 4.79 Å². The normalized spacial score (nSPS) is 11.8. The molecule has 1 heterocycles. The van der Waals surface area contributed by atoms with Crippen molar-refractivity contribution in [1.82, 2.24) is 4.98 Å². The highest BCUT2D eigenvalue weighted by atomic mass is 35.5.